The summed E-state index contributed by atoms with van der Waals surface area (Å²) in [6, 6.07) is 0. The van der Waals surface area contributed by atoms with Gasteiger partial charge in [-0.3, -0.25) is 4.79 Å². The lowest BCUT2D eigenvalue weighted by molar-refractivity contribution is -0.121. The molecule has 5 N–H and O–H groups in total. The first kappa shape index (κ1) is 33.0. The molecule has 5 heteroatoms. The molecular formula is C21H54N2O3. The second-order valence-electron chi connectivity index (χ2n) is 6.19. The summed E-state index contributed by atoms with van der Waals surface area (Å²) in [7, 11) is 1.62. The maximum Gasteiger partial charge on any atom is 0.220 e. The highest BCUT2D eigenvalue weighted by Gasteiger charge is 2.04. The van der Waals surface area contributed by atoms with E-state index in [9.17, 15) is 4.79 Å². The van der Waals surface area contributed by atoms with E-state index in [4.69, 9.17) is 10.5 Å². The smallest absolute Gasteiger partial charge is 0.220 e. The fraction of sp³-hybridized carbons (Fsp3) is 0.952. The highest BCUT2D eigenvalue weighted by molar-refractivity contribution is 5.75. The van der Waals surface area contributed by atoms with Crippen molar-refractivity contribution >= 4 is 5.91 Å². The van der Waals surface area contributed by atoms with Crippen LogP contribution in [0.2, 0.25) is 0 Å². The number of carbonyl (C=O) groups is 1. The SMILES string of the molecule is CC.CCCC(=O)NCCOC.CCCCCCC(CN)CCCC.O.[HH].[HH]. The van der Waals surface area contributed by atoms with Gasteiger partial charge in [0.05, 0.1) is 6.61 Å². The van der Waals surface area contributed by atoms with Gasteiger partial charge in [0.25, 0.3) is 0 Å². The van der Waals surface area contributed by atoms with E-state index < -0.39 is 0 Å². The Balaban J connectivity index is -0.0000000736. The number of unbranched alkanes of at least 4 members (excludes halogenated alkanes) is 4. The van der Waals surface area contributed by atoms with E-state index in [0.29, 0.717) is 19.6 Å². The minimum atomic E-state index is 0. The van der Waals surface area contributed by atoms with Crippen LogP contribution in [0.4, 0.5) is 0 Å². The molecule has 1 amide bonds. The summed E-state index contributed by atoms with van der Waals surface area (Å²) in [5.41, 5.74) is 5.73. The van der Waals surface area contributed by atoms with Crippen molar-refractivity contribution in [2.75, 3.05) is 26.8 Å². The van der Waals surface area contributed by atoms with E-state index in [2.05, 4.69) is 19.2 Å². The number of hydrogen-bond acceptors (Lipinski definition) is 3. The Labute approximate surface area is 167 Å². The number of ether oxygens (including phenoxy) is 1. The minimum Gasteiger partial charge on any atom is -0.412 e. The molecule has 0 saturated heterocycles. The molecule has 0 saturated carbocycles. The van der Waals surface area contributed by atoms with Crippen molar-refractivity contribution in [3.63, 3.8) is 0 Å². The lowest BCUT2D eigenvalue weighted by Crippen LogP contribution is -2.26. The highest BCUT2D eigenvalue weighted by atomic mass is 16.5. The quantitative estimate of drug-likeness (QED) is 0.415. The number of nitrogens with two attached hydrogens (primary N) is 1. The van der Waals surface area contributed by atoms with Crippen molar-refractivity contribution < 1.29 is 17.9 Å². The third-order valence-corrected chi connectivity index (χ3v) is 3.87. The van der Waals surface area contributed by atoms with Gasteiger partial charge in [-0.05, 0) is 31.7 Å². The normalized spacial score (nSPS) is 10.4. The number of amides is 1. The Hall–Kier alpha value is -0.650. The van der Waals surface area contributed by atoms with Gasteiger partial charge in [-0.15, -0.1) is 0 Å². The number of nitrogens with one attached hydrogen (secondary N) is 1. The van der Waals surface area contributed by atoms with Crippen LogP contribution in [0.15, 0.2) is 0 Å². The summed E-state index contributed by atoms with van der Waals surface area (Å²) in [5, 5.41) is 2.72. The van der Waals surface area contributed by atoms with Crippen molar-refractivity contribution in [3.05, 3.63) is 0 Å². The molecule has 0 aliphatic heterocycles. The van der Waals surface area contributed by atoms with Gasteiger partial charge >= 0.3 is 0 Å². The van der Waals surface area contributed by atoms with Crippen molar-refractivity contribution in [2.24, 2.45) is 11.7 Å². The Bertz CT molecular complexity index is 250. The third-order valence-electron chi connectivity index (χ3n) is 3.87. The van der Waals surface area contributed by atoms with Crippen LogP contribution in [0.5, 0.6) is 0 Å². The first-order chi connectivity index (χ1) is 12.2. The van der Waals surface area contributed by atoms with Gasteiger partial charge in [0.15, 0.2) is 0 Å². The molecule has 0 aromatic carbocycles. The summed E-state index contributed by atoms with van der Waals surface area (Å²) in [6.45, 7) is 12.6. The second-order valence-corrected chi connectivity index (χ2v) is 6.19. The van der Waals surface area contributed by atoms with E-state index in [1.54, 1.807) is 7.11 Å². The molecule has 1 atom stereocenters. The lowest BCUT2D eigenvalue weighted by Gasteiger charge is -2.13. The van der Waals surface area contributed by atoms with Gasteiger partial charge in [0.2, 0.25) is 5.91 Å². The van der Waals surface area contributed by atoms with Crippen LogP contribution in [-0.4, -0.2) is 38.2 Å². The number of hydrogen-bond donors (Lipinski definition) is 2. The third kappa shape index (κ3) is 31.2. The summed E-state index contributed by atoms with van der Waals surface area (Å²) in [4.78, 5) is 10.8. The first-order valence-electron chi connectivity index (χ1n) is 10.6. The lowest BCUT2D eigenvalue weighted by atomic mass is 9.95. The van der Waals surface area contributed by atoms with Crippen LogP contribution in [0.1, 0.15) is 102 Å². The first-order valence-corrected chi connectivity index (χ1v) is 10.6. The topological polar surface area (TPSA) is 95.8 Å². The summed E-state index contributed by atoms with van der Waals surface area (Å²) < 4.78 is 4.76. The number of rotatable bonds is 14. The van der Waals surface area contributed by atoms with Crippen molar-refractivity contribution in [3.8, 4) is 0 Å². The van der Waals surface area contributed by atoms with Gasteiger partial charge in [-0.1, -0.05) is 73.1 Å². The predicted octanol–water partition coefficient (Wildman–Crippen LogP) is 4.96. The summed E-state index contributed by atoms with van der Waals surface area (Å²) in [5.74, 6) is 0.913. The fourth-order valence-corrected chi connectivity index (χ4v) is 2.34. The number of methoxy groups -OCH3 is 1. The van der Waals surface area contributed by atoms with Crippen LogP contribution in [0.3, 0.4) is 0 Å². The molecule has 26 heavy (non-hydrogen) atoms. The molecule has 0 rings (SSSR count). The highest BCUT2D eigenvalue weighted by Crippen LogP contribution is 2.15. The molecule has 0 aromatic heterocycles. The molecule has 166 valence electrons. The zero-order valence-electron chi connectivity index (χ0n) is 18.7. The molecule has 0 aliphatic carbocycles. The average molecular weight is 383 g/mol. The zero-order chi connectivity index (χ0) is 19.8. The minimum absolute atomic E-state index is 0. The van der Waals surface area contributed by atoms with Crippen molar-refractivity contribution in [1.29, 1.82) is 0 Å². The van der Waals surface area contributed by atoms with Crippen LogP contribution in [0.25, 0.3) is 0 Å². The largest absolute Gasteiger partial charge is 0.412 e. The molecule has 1 unspecified atom stereocenters. The average Bonchev–Trinajstić information content (AvgIpc) is 2.64. The van der Waals surface area contributed by atoms with Crippen LogP contribution in [-0.2, 0) is 9.53 Å². The zero-order valence-corrected chi connectivity index (χ0v) is 18.7. The molecule has 0 bridgehead atoms. The van der Waals surface area contributed by atoms with E-state index in [0.717, 1.165) is 18.9 Å². The molecule has 0 spiro atoms. The fourth-order valence-electron chi connectivity index (χ4n) is 2.34. The van der Waals surface area contributed by atoms with Gasteiger partial charge in [-0.25, -0.2) is 0 Å². The van der Waals surface area contributed by atoms with E-state index in [1.165, 1.54) is 51.4 Å². The molecule has 0 radical (unpaired) electrons. The maximum absolute atomic E-state index is 10.8. The maximum atomic E-state index is 10.8. The molecular weight excluding hydrogens is 328 g/mol. The Morgan fingerprint density at radius 1 is 1.00 bits per heavy atom. The molecule has 0 fully saturated rings. The van der Waals surface area contributed by atoms with Gasteiger partial charge < -0.3 is 21.3 Å². The Kier molecular flexibility index (Phi) is 40.7. The molecule has 0 heterocycles. The molecule has 5 nitrogen and oxygen atoms in total. The Morgan fingerprint density at radius 3 is 2.04 bits per heavy atom. The van der Waals surface area contributed by atoms with Gasteiger partial charge in [0.1, 0.15) is 0 Å². The summed E-state index contributed by atoms with van der Waals surface area (Å²) >= 11 is 0. The van der Waals surface area contributed by atoms with Crippen molar-refractivity contribution in [2.45, 2.75) is 98.8 Å². The van der Waals surface area contributed by atoms with Crippen LogP contribution >= 0.6 is 0 Å². The summed E-state index contributed by atoms with van der Waals surface area (Å²) in [6.07, 6.45) is 12.4. The standard InChI is InChI=1S/C12H27N.C7H15NO2.C2H6.H2O.2H2/c1-3-5-7-8-10-12(11-13)9-6-4-2;1-3-4-7(9)8-5-6-10-2;1-2;;;/h12H,3-11,13H2,1-2H3;3-6H2,1-2H3,(H,8,9);1-2H3;1H2;2*1H. The van der Waals surface area contributed by atoms with E-state index in [-0.39, 0.29) is 14.2 Å². The Morgan fingerprint density at radius 2 is 1.58 bits per heavy atom. The van der Waals surface area contributed by atoms with Crippen LogP contribution < -0.4 is 11.1 Å². The molecule has 0 aromatic rings. The van der Waals surface area contributed by atoms with Crippen LogP contribution in [0, 0.1) is 5.92 Å². The van der Waals surface area contributed by atoms with Crippen molar-refractivity contribution in [1.82, 2.24) is 5.32 Å². The monoisotopic (exact) mass is 382 g/mol. The predicted molar refractivity (Wildman–Crippen MR) is 120 cm³/mol. The van der Waals surface area contributed by atoms with E-state index in [1.807, 2.05) is 20.8 Å². The van der Waals surface area contributed by atoms with Gasteiger partial charge in [0, 0.05) is 22.9 Å². The molecule has 0 aliphatic rings. The second kappa shape index (κ2) is 32.1. The van der Waals surface area contributed by atoms with E-state index >= 15 is 0 Å². The number of carbonyl (C=O) groups excluding carboxylic acids is 1. The van der Waals surface area contributed by atoms with Gasteiger partial charge in [-0.2, -0.15) is 0 Å².